The molecule has 0 atom stereocenters. The summed E-state index contributed by atoms with van der Waals surface area (Å²) in [4.78, 5) is 4.56. The predicted molar refractivity (Wildman–Crippen MR) is 53.9 cm³/mol. The van der Waals surface area contributed by atoms with Crippen LogP contribution in [-0.4, -0.2) is 35.9 Å². The molecule has 0 unspecified atom stereocenters. The number of aromatic nitrogens is 2. The summed E-state index contributed by atoms with van der Waals surface area (Å²) in [6, 6.07) is 1.55. The molecule has 0 aliphatic heterocycles. The van der Waals surface area contributed by atoms with Gasteiger partial charge in [-0.1, -0.05) is 0 Å². The average molecular weight is 300 g/mol. The zero-order valence-electron chi connectivity index (χ0n) is 8.98. The molecule has 0 saturated carbocycles. The van der Waals surface area contributed by atoms with E-state index in [2.05, 4.69) is 9.97 Å². The molecule has 0 fully saturated rings. The summed E-state index contributed by atoms with van der Waals surface area (Å²) in [6.07, 6.45) is 1.10. The number of nitrogens with zero attached hydrogens (tertiary/aromatic N) is 1. The standard InChI is InChI=1S/C7H6N2O6S2.Na/c10-16(11,12)4-1-5-7(9-3-8-5)6(2-4)17(13,14)15;/h1-3H,(H,8,9)(H,10,11,12)(H,13,14,15);/q;+1/p-1. The maximum absolute atomic E-state index is 10.9. The van der Waals surface area contributed by atoms with Crippen LogP contribution < -0.4 is 29.6 Å². The second-order valence-electron chi connectivity index (χ2n) is 3.15. The van der Waals surface area contributed by atoms with Crippen molar-refractivity contribution in [2.45, 2.75) is 9.79 Å². The Morgan fingerprint density at radius 2 is 1.83 bits per heavy atom. The second-order valence-corrected chi connectivity index (χ2v) is 5.92. The maximum atomic E-state index is 10.9. The Labute approximate surface area is 124 Å². The molecule has 2 rings (SSSR count). The summed E-state index contributed by atoms with van der Waals surface area (Å²) in [5.41, 5.74) is -0.151. The maximum Gasteiger partial charge on any atom is 1.00 e. The molecule has 1 aromatic heterocycles. The number of fused-ring (bicyclic) bond motifs is 1. The van der Waals surface area contributed by atoms with E-state index in [-0.39, 0.29) is 40.6 Å². The fraction of sp³-hybridized carbons (Fsp3) is 0. The zero-order valence-corrected chi connectivity index (χ0v) is 12.6. The largest absolute Gasteiger partial charge is 1.00 e. The number of imidazole rings is 1. The summed E-state index contributed by atoms with van der Waals surface area (Å²) in [5.74, 6) is 0. The summed E-state index contributed by atoms with van der Waals surface area (Å²) >= 11 is 0. The molecular formula is C7H5N2NaO6S2. The van der Waals surface area contributed by atoms with Crippen LogP contribution in [0.1, 0.15) is 0 Å². The van der Waals surface area contributed by atoms with Crippen molar-refractivity contribution in [3.63, 3.8) is 0 Å². The van der Waals surface area contributed by atoms with Crippen molar-refractivity contribution in [1.29, 1.82) is 0 Å². The molecule has 1 heterocycles. The van der Waals surface area contributed by atoms with Crippen molar-refractivity contribution < 1.29 is 55.5 Å². The molecule has 0 aliphatic rings. The van der Waals surface area contributed by atoms with Crippen molar-refractivity contribution >= 4 is 31.3 Å². The first-order valence-electron chi connectivity index (χ1n) is 4.10. The van der Waals surface area contributed by atoms with Gasteiger partial charge in [-0.3, -0.25) is 4.55 Å². The van der Waals surface area contributed by atoms with Crippen LogP contribution in [0, 0.1) is 0 Å². The Morgan fingerprint density at radius 1 is 1.22 bits per heavy atom. The Bertz CT molecular complexity index is 794. The van der Waals surface area contributed by atoms with Crippen LogP contribution in [0.2, 0.25) is 0 Å². The van der Waals surface area contributed by atoms with Crippen LogP contribution in [-0.2, 0) is 20.2 Å². The van der Waals surface area contributed by atoms with E-state index in [1.807, 2.05) is 0 Å². The van der Waals surface area contributed by atoms with Crippen LogP contribution in [0.25, 0.3) is 11.0 Å². The molecule has 18 heavy (non-hydrogen) atoms. The van der Waals surface area contributed by atoms with Crippen molar-refractivity contribution in [2.75, 3.05) is 0 Å². The van der Waals surface area contributed by atoms with Gasteiger partial charge in [-0.25, -0.2) is 13.4 Å². The number of aromatic amines is 1. The van der Waals surface area contributed by atoms with Crippen molar-refractivity contribution in [2.24, 2.45) is 0 Å². The van der Waals surface area contributed by atoms with Crippen molar-refractivity contribution in [3.05, 3.63) is 18.5 Å². The third-order valence-electron chi connectivity index (χ3n) is 2.03. The zero-order chi connectivity index (χ0) is 12.8. The minimum Gasteiger partial charge on any atom is -0.744 e. The molecule has 8 nitrogen and oxygen atoms in total. The molecule has 0 saturated heterocycles. The number of nitrogens with one attached hydrogen (secondary N) is 1. The topological polar surface area (TPSA) is 140 Å². The normalized spacial score (nSPS) is 12.3. The molecule has 2 N–H and O–H groups in total. The predicted octanol–water partition coefficient (Wildman–Crippen LogP) is -3.28. The van der Waals surface area contributed by atoms with Crippen molar-refractivity contribution in [3.8, 4) is 0 Å². The van der Waals surface area contributed by atoms with Crippen LogP contribution in [0.5, 0.6) is 0 Å². The fourth-order valence-electron chi connectivity index (χ4n) is 1.33. The SMILES string of the molecule is O=S(=O)([O-])c1cc(S(=O)(=O)O)cc2[nH]cnc12.[Na+]. The Morgan fingerprint density at radius 3 is 2.33 bits per heavy atom. The van der Waals surface area contributed by atoms with E-state index in [4.69, 9.17) is 4.55 Å². The van der Waals surface area contributed by atoms with Crippen LogP contribution in [0.15, 0.2) is 28.3 Å². The number of hydrogen-bond acceptors (Lipinski definition) is 6. The third-order valence-corrected chi connectivity index (χ3v) is 3.71. The summed E-state index contributed by atoms with van der Waals surface area (Å²) < 4.78 is 63.4. The minimum atomic E-state index is -4.89. The summed E-state index contributed by atoms with van der Waals surface area (Å²) in [5, 5.41) is 0. The molecule has 0 spiro atoms. The summed E-state index contributed by atoms with van der Waals surface area (Å²) in [6.45, 7) is 0. The molecule has 0 bridgehead atoms. The van der Waals surface area contributed by atoms with Gasteiger partial charge in [0.25, 0.3) is 10.1 Å². The van der Waals surface area contributed by atoms with Gasteiger partial charge in [-0.2, -0.15) is 8.42 Å². The Hall–Kier alpha value is -0.490. The van der Waals surface area contributed by atoms with Gasteiger partial charge in [-0.05, 0) is 12.1 Å². The number of H-pyrrole nitrogens is 1. The monoisotopic (exact) mass is 300 g/mol. The van der Waals surface area contributed by atoms with E-state index in [0.29, 0.717) is 6.07 Å². The average Bonchev–Trinajstić information content (AvgIpc) is 2.59. The molecule has 0 amide bonds. The van der Waals surface area contributed by atoms with Gasteiger partial charge < -0.3 is 9.54 Å². The van der Waals surface area contributed by atoms with Gasteiger partial charge in [0.1, 0.15) is 15.6 Å². The van der Waals surface area contributed by atoms with E-state index in [1.54, 1.807) is 0 Å². The van der Waals surface area contributed by atoms with Gasteiger partial charge in [0, 0.05) is 0 Å². The van der Waals surface area contributed by atoms with Crippen molar-refractivity contribution in [1.82, 2.24) is 9.97 Å². The van der Waals surface area contributed by atoms with Crippen LogP contribution in [0.4, 0.5) is 0 Å². The number of benzene rings is 1. The molecule has 1 aromatic carbocycles. The van der Waals surface area contributed by atoms with Crippen LogP contribution >= 0.6 is 0 Å². The van der Waals surface area contributed by atoms with Gasteiger partial charge in [0.2, 0.25) is 0 Å². The Balaban J connectivity index is 0.00000162. The van der Waals surface area contributed by atoms with Crippen LogP contribution in [0.3, 0.4) is 0 Å². The van der Waals surface area contributed by atoms with E-state index < -0.39 is 30.0 Å². The molecule has 2 aromatic rings. The van der Waals surface area contributed by atoms with Gasteiger partial charge >= 0.3 is 29.6 Å². The number of hydrogen-bond donors (Lipinski definition) is 2. The molecular weight excluding hydrogens is 295 g/mol. The van der Waals surface area contributed by atoms with Gasteiger partial charge in [0.05, 0.1) is 21.6 Å². The summed E-state index contributed by atoms with van der Waals surface area (Å²) in [7, 11) is -9.50. The first-order chi connectivity index (χ1) is 7.69. The minimum absolute atomic E-state index is 0. The Kier molecular flexibility index (Phi) is 4.23. The second kappa shape index (κ2) is 4.89. The first-order valence-corrected chi connectivity index (χ1v) is 6.95. The molecule has 0 aliphatic carbocycles. The molecule has 11 heteroatoms. The third kappa shape index (κ3) is 2.91. The first kappa shape index (κ1) is 15.6. The molecule has 0 radical (unpaired) electrons. The molecule has 92 valence electrons. The van der Waals surface area contributed by atoms with Gasteiger partial charge in [0.15, 0.2) is 0 Å². The number of rotatable bonds is 2. The van der Waals surface area contributed by atoms with E-state index >= 15 is 0 Å². The van der Waals surface area contributed by atoms with E-state index in [0.717, 1.165) is 12.4 Å². The van der Waals surface area contributed by atoms with Gasteiger partial charge in [-0.15, -0.1) is 0 Å². The van der Waals surface area contributed by atoms with E-state index in [9.17, 15) is 21.4 Å². The fourth-order valence-corrected chi connectivity index (χ4v) is 2.61. The quantitative estimate of drug-likeness (QED) is 0.437. The smallest absolute Gasteiger partial charge is 0.744 e. The van der Waals surface area contributed by atoms with E-state index in [1.165, 1.54) is 0 Å².